The molecule has 10 heavy (non-hydrogen) atoms. The minimum Gasteiger partial charge on any atom is -0.393 e. The van der Waals surface area contributed by atoms with E-state index in [0.717, 1.165) is 6.42 Å². The van der Waals surface area contributed by atoms with Gasteiger partial charge in [0.1, 0.15) is 0 Å². The minimum atomic E-state index is -0.0486. The maximum atomic E-state index is 9.62. The largest absolute Gasteiger partial charge is 0.393 e. The first kappa shape index (κ1) is 8.06. The van der Waals surface area contributed by atoms with Crippen LogP contribution >= 0.6 is 0 Å². The molecule has 60 valence electrons. The number of aliphatic hydroxyl groups is 1. The van der Waals surface area contributed by atoms with Gasteiger partial charge in [0.2, 0.25) is 0 Å². The van der Waals surface area contributed by atoms with Crippen LogP contribution in [0, 0.1) is 11.3 Å². The highest BCUT2D eigenvalue weighted by Crippen LogP contribution is 2.55. The Hall–Kier alpha value is -0.0400. The van der Waals surface area contributed by atoms with Crippen LogP contribution in [-0.2, 0) is 0 Å². The summed E-state index contributed by atoms with van der Waals surface area (Å²) >= 11 is 0. The van der Waals surface area contributed by atoms with Crippen molar-refractivity contribution in [3.05, 3.63) is 0 Å². The van der Waals surface area contributed by atoms with E-state index in [9.17, 15) is 5.11 Å². The summed E-state index contributed by atoms with van der Waals surface area (Å²) in [6.45, 7) is 6.49. The summed E-state index contributed by atoms with van der Waals surface area (Å²) in [5.74, 6) is 0.655. The zero-order valence-electron chi connectivity index (χ0n) is 7.22. The van der Waals surface area contributed by atoms with E-state index in [4.69, 9.17) is 0 Å². The fraction of sp³-hybridized carbons (Fsp3) is 1.00. The number of hydrogen-bond acceptors (Lipinski definition) is 1. The van der Waals surface area contributed by atoms with Crippen molar-refractivity contribution in [3.8, 4) is 0 Å². The molecular weight excluding hydrogens is 124 g/mol. The third-order valence-corrected chi connectivity index (χ3v) is 3.03. The van der Waals surface area contributed by atoms with Crippen molar-refractivity contribution < 1.29 is 5.11 Å². The van der Waals surface area contributed by atoms with Gasteiger partial charge in [-0.15, -0.1) is 0 Å². The molecule has 0 aromatic rings. The number of aliphatic hydroxyl groups excluding tert-OH is 1. The molecule has 0 saturated heterocycles. The first-order chi connectivity index (χ1) is 4.63. The summed E-state index contributed by atoms with van der Waals surface area (Å²) in [4.78, 5) is 0. The van der Waals surface area contributed by atoms with Crippen molar-refractivity contribution in [3.63, 3.8) is 0 Å². The van der Waals surface area contributed by atoms with Crippen LogP contribution in [0.4, 0.5) is 0 Å². The third-order valence-electron chi connectivity index (χ3n) is 3.03. The van der Waals surface area contributed by atoms with Crippen molar-refractivity contribution in [2.75, 3.05) is 0 Å². The lowest BCUT2D eigenvalue weighted by Gasteiger charge is -2.24. The van der Waals surface area contributed by atoms with Gasteiger partial charge >= 0.3 is 0 Å². The molecule has 1 aliphatic rings. The van der Waals surface area contributed by atoms with E-state index >= 15 is 0 Å². The summed E-state index contributed by atoms with van der Waals surface area (Å²) in [5, 5.41) is 9.62. The lowest BCUT2D eigenvalue weighted by atomic mass is 9.85. The van der Waals surface area contributed by atoms with Crippen LogP contribution in [0.3, 0.4) is 0 Å². The molecule has 1 nitrogen and oxygen atoms in total. The molecule has 0 spiro atoms. The average molecular weight is 142 g/mol. The van der Waals surface area contributed by atoms with Gasteiger partial charge in [0.15, 0.2) is 0 Å². The van der Waals surface area contributed by atoms with E-state index in [-0.39, 0.29) is 6.10 Å². The highest BCUT2D eigenvalue weighted by atomic mass is 16.3. The summed E-state index contributed by atoms with van der Waals surface area (Å²) in [6, 6.07) is 0. The molecule has 0 amide bonds. The first-order valence-corrected chi connectivity index (χ1v) is 4.31. The normalized spacial score (nSPS) is 24.9. The van der Waals surface area contributed by atoms with Crippen LogP contribution < -0.4 is 0 Å². The SMILES string of the molecule is CCC(O)C1(C(C)C)CC1. The van der Waals surface area contributed by atoms with Gasteiger partial charge in [-0.1, -0.05) is 20.8 Å². The second-order valence-corrected chi connectivity index (χ2v) is 3.81. The molecule has 0 aromatic heterocycles. The predicted molar refractivity (Wildman–Crippen MR) is 42.8 cm³/mol. The van der Waals surface area contributed by atoms with Crippen molar-refractivity contribution in [1.82, 2.24) is 0 Å². The fourth-order valence-corrected chi connectivity index (χ4v) is 1.85. The Kier molecular flexibility index (Phi) is 2.04. The molecule has 1 rings (SSSR count). The molecule has 0 aliphatic heterocycles. The van der Waals surface area contributed by atoms with Crippen LogP contribution in [-0.4, -0.2) is 11.2 Å². The average Bonchev–Trinajstić information content (AvgIpc) is 2.65. The Labute approximate surface area is 63.4 Å². The lowest BCUT2D eigenvalue weighted by molar-refractivity contribution is 0.0609. The summed E-state index contributed by atoms with van der Waals surface area (Å²) in [6.07, 6.45) is 3.34. The number of rotatable bonds is 3. The molecule has 1 fully saturated rings. The standard InChI is InChI=1S/C9H18O/c1-4-8(10)9(5-6-9)7(2)3/h7-8,10H,4-6H2,1-3H3. The zero-order valence-corrected chi connectivity index (χ0v) is 7.22. The van der Waals surface area contributed by atoms with Gasteiger partial charge in [-0.25, -0.2) is 0 Å². The molecule has 1 N–H and O–H groups in total. The van der Waals surface area contributed by atoms with E-state index in [1.54, 1.807) is 0 Å². The van der Waals surface area contributed by atoms with E-state index in [0.29, 0.717) is 11.3 Å². The second-order valence-electron chi connectivity index (χ2n) is 3.81. The molecule has 0 aromatic carbocycles. The highest BCUT2D eigenvalue weighted by molar-refractivity contribution is 5.00. The van der Waals surface area contributed by atoms with Gasteiger partial charge in [-0.05, 0) is 30.6 Å². The Morgan fingerprint density at radius 3 is 2.00 bits per heavy atom. The third kappa shape index (κ3) is 1.07. The smallest absolute Gasteiger partial charge is 0.0596 e. The fourth-order valence-electron chi connectivity index (χ4n) is 1.85. The minimum absolute atomic E-state index is 0.0486. The van der Waals surface area contributed by atoms with Crippen LogP contribution in [0.15, 0.2) is 0 Å². The van der Waals surface area contributed by atoms with Crippen molar-refractivity contribution in [1.29, 1.82) is 0 Å². The summed E-state index contributed by atoms with van der Waals surface area (Å²) in [7, 11) is 0. The van der Waals surface area contributed by atoms with E-state index < -0.39 is 0 Å². The molecule has 0 radical (unpaired) electrons. The van der Waals surface area contributed by atoms with Crippen LogP contribution in [0.5, 0.6) is 0 Å². The maximum Gasteiger partial charge on any atom is 0.0596 e. The van der Waals surface area contributed by atoms with Gasteiger partial charge in [-0.2, -0.15) is 0 Å². The molecule has 1 aliphatic carbocycles. The molecular formula is C9H18O. The first-order valence-electron chi connectivity index (χ1n) is 4.31. The van der Waals surface area contributed by atoms with Gasteiger partial charge < -0.3 is 5.11 Å². The van der Waals surface area contributed by atoms with E-state index in [2.05, 4.69) is 20.8 Å². The van der Waals surface area contributed by atoms with Gasteiger partial charge in [-0.3, -0.25) is 0 Å². The second kappa shape index (κ2) is 2.54. The van der Waals surface area contributed by atoms with Gasteiger partial charge in [0.25, 0.3) is 0 Å². The summed E-state index contributed by atoms with van der Waals surface area (Å²) in [5.41, 5.74) is 0.314. The van der Waals surface area contributed by atoms with Crippen LogP contribution in [0.25, 0.3) is 0 Å². The molecule has 1 unspecified atom stereocenters. The highest BCUT2D eigenvalue weighted by Gasteiger charge is 2.50. The predicted octanol–water partition coefficient (Wildman–Crippen LogP) is 2.19. The van der Waals surface area contributed by atoms with E-state index in [1.807, 2.05) is 0 Å². The summed E-state index contributed by atoms with van der Waals surface area (Å²) < 4.78 is 0. The Bertz CT molecular complexity index is 114. The molecule has 1 heteroatoms. The van der Waals surface area contributed by atoms with Gasteiger partial charge in [0, 0.05) is 0 Å². The van der Waals surface area contributed by atoms with Crippen molar-refractivity contribution in [2.45, 2.75) is 46.1 Å². The lowest BCUT2D eigenvalue weighted by Crippen LogP contribution is -2.25. The molecule has 1 atom stereocenters. The maximum absolute atomic E-state index is 9.62. The Balaban J connectivity index is 2.51. The van der Waals surface area contributed by atoms with Crippen LogP contribution in [0.2, 0.25) is 0 Å². The van der Waals surface area contributed by atoms with E-state index in [1.165, 1.54) is 12.8 Å². The topological polar surface area (TPSA) is 20.2 Å². The monoisotopic (exact) mass is 142 g/mol. The Morgan fingerprint density at radius 2 is 1.90 bits per heavy atom. The van der Waals surface area contributed by atoms with Crippen molar-refractivity contribution >= 4 is 0 Å². The zero-order chi connectivity index (χ0) is 7.78. The molecule has 1 saturated carbocycles. The van der Waals surface area contributed by atoms with Gasteiger partial charge in [0.05, 0.1) is 6.10 Å². The van der Waals surface area contributed by atoms with Crippen LogP contribution in [0.1, 0.15) is 40.0 Å². The Morgan fingerprint density at radius 1 is 1.40 bits per heavy atom. The number of hydrogen-bond donors (Lipinski definition) is 1. The molecule has 0 bridgehead atoms. The quantitative estimate of drug-likeness (QED) is 0.640. The van der Waals surface area contributed by atoms with Crippen molar-refractivity contribution in [2.24, 2.45) is 11.3 Å². The molecule has 0 heterocycles.